The first-order chi connectivity index (χ1) is 16.9. The largest absolute Gasteiger partial charge is 0.454 e. The summed E-state index contributed by atoms with van der Waals surface area (Å²) in [7, 11) is -3.77. The molecule has 3 aromatic carbocycles. The van der Waals surface area contributed by atoms with Crippen molar-refractivity contribution in [1.82, 2.24) is 9.62 Å². The molecular formula is C25H24FN3O5S. The van der Waals surface area contributed by atoms with E-state index in [0.29, 0.717) is 37.7 Å². The molecule has 35 heavy (non-hydrogen) atoms. The molecule has 0 radical (unpaired) electrons. The number of amides is 1. The van der Waals surface area contributed by atoms with Crippen LogP contribution in [0.15, 0.2) is 71.6 Å². The second-order valence-corrected chi connectivity index (χ2v) is 10.2. The van der Waals surface area contributed by atoms with Gasteiger partial charge in [-0.15, -0.1) is 0 Å². The maximum Gasteiger partial charge on any atom is 0.251 e. The van der Waals surface area contributed by atoms with Crippen LogP contribution < -0.4 is 19.7 Å². The number of carbonyl (C=O) groups excluding carboxylic acids is 1. The van der Waals surface area contributed by atoms with Gasteiger partial charge in [-0.2, -0.15) is 4.31 Å². The molecule has 0 aromatic heterocycles. The standard InChI is InChI=1S/C25H24FN3O5S/c26-20-5-7-21(8-6-20)28-10-12-29(13-11-28)35(31,32)22-3-1-2-19(15-22)25(30)27-16-18-4-9-23-24(14-18)34-17-33-23/h1-9,14-15H,10-13,16-17H2,(H,27,30). The van der Waals surface area contributed by atoms with Crippen molar-refractivity contribution in [2.24, 2.45) is 0 Å². The Bertz CT molecular complexity index is 1340. The number of hydrogen-bond donors (Lipinski definition) is 1. The third kappa shape index (κ3) is 4.94. The summed E-state index contributed by atoms with van der Waals surface area (Å²) in [6.07, 6.45) is 0. The Morgan fingerprint density at radius 2 is 1.66 bits per heavy atom. The van der Waals surface area contributed by atoms with Crippen molar-refractivity contribution in [3.05, 3.63) is 83.7 Å². The van der Waals surface area contributed by atoms with E-state index in [1.807, 2.05) is 11.0 Å². The number of hydrogen-bond acceptors (Lipinski definition) is 6. The second kappa shape index (κ2) is 9.55. The number of rotatable bonds is 6. The lowest BCUT2D eigenvalue weighted by Crippen LogP contribution is -2.48. The summed E-state index contributed by atoms with van der Waals surface area (Å²) in [6, 6.07) is 17.6. The van der Waals surface area contributed by atoms with Crippen molar-refractivity contribution in [2.75, 3.05) is 37.9 Å². The average molecular weight is 498 g/mol. The summed E-state index contributed by atoms with van der Waals surface area (Å²) >= 11 is 0. The van der Waals surface area contributed by atoms with Gasteiger partial charge >= 0.3 is 0 Å². The van der Waals surface area contributed by atoms with E-state index in [0.717, 1.165) is 11.3 Å². The van der Waals surface area contributed by atoms with Gasteiger partial charge in [-0.05, 0) is 60.2 Å². The van der Waals surface area contributed by atoms with Gasteiger partial charge in [0.15, 0.2) is 11.5 Å². The fraction of sp³-hybridized carbons (Fsp3) is 0.240. The molecule has 2 heterocycles. The number of ether oxygens (including phenoxy) is 2. The first-order valence-electron chi connectivity index (χ1n) is 11.2. The minimum Gasteiger partial charge on any atom is -0.454 e. The molecule has 0 unspecified atom stereocenters. The quantitative estimate of drug-likeness (QED) is 0.564. The van der Waals surface area contributed by atoms with E-state index in [4.69, 9.17) is 9.47 Å². The van der Waals surface area contributed by atoms with Crippen LogP contribution in [0.5, 0.6) is 11.5 Å². The van der Waals surface area contributed by atoms with Crippen molar-refractivity contribution >= 4 is 21.6 Å². The minimum absolute atomic E-state index is 0.0726. The predicted octanol–water partition coefficient (Wildman–Crippen LogP) is 3.00. The predicted molar refractivity (Wildman–Crippen MR) is 128 cm³/mol. The van der Waals surface area contributed by atoms with Crippen LogP contribution in [0.25, 0.3) is 0 Å². The van der Waals surface area contributed by atoms with Gasteiger partial charge < -0.3 is 19.7 Å². The van der Waals surface area contributed by atoms with Crippen LogP contribution in [0.2, 0.25) is 0 Å². The Morgan fingerprint density at radius 3 is 2.43 bits per heavy atom. The summed E-state index contributed by atoms with van der Waals surface area (Å²) < 4.78 is 51.7. The lowest BCUT2D eigenvalue weighted by molar-refractivity contribution is 0.0950. The lowest BCUT2D eigenvalue weighted by atomic mass is 10.2. The maximum absolute atomic E-state index is 13.2. The van der Waals surface area contributed by atoms with Crippen LogP contribution in [0.3, 0.4) is 0 Å². The van der Waals surface area contributed by atoms with Gasteiger partial charge in [-0.1, -0.05) is 12.1 Å². The maximum atomic E-state index is 13.2. The van der Waals surface area contributed by atoms with Crippen LogP contribution in [0, 0.1) is 5.82 Å². The number of anilines is 1. The summed E-state index contributed by atoms with van der Waals surface area (Å²) in [6.45, 7) is 1.99. The van der Waals surface area contributed by atoms with E-state index >= 15 is 0 Å². The highest BCUT2D eigenvalue weighted by atomic mass is 32.2. The van der Waals surface area contributed by atoms with E-state index in [-0.39, 0.29) is 35.5 Å². The number of benzene rings is 3. The van der Waals surface area contributed by atoms with Crippen LogP contribution in [-0.2, 0) is 16.6 Å². The second-order valence-electron chi connectivity index (χ2n) is 8.27. The molecule has 0 saturated carbocycles. The molecule has 0 atom stereocenters. The smallest absolute Gasteiger partial charge is 0.251 e. The zero-order valence-electron chi connectivity index (χ0n) is 18.8. The summed E-state index contributed by atoms with van der Waals surface area (Å²) in [5.41, 5.74) is 1.95. The Hall–Kier alpha value is -3.63. The molecule has 2 aliphatic rings. The highest BCUT2D eigenvalue weighted by molar-refractivity contribution is 7.89. The molecule has 1 amide bonds. The SMILES string of the molecule is O=C(NCc1ccc2c(c1)OCO2)c1cccc(S(=O)(=O)N2CCN(c3ccc(F)cc3)CC2)c1. The van der Waals surface area contributed by atoms with Crippen LogP contribution in [0.1, 0.15) is 15.9 Å². The van der Waals surface area contributed by atoms with Gasteiger partial charge in [-0.25, -0.2) is 12.8 Å². The van der Waals surface area contributed by atoms with Crippen molar-refractivity contribution in [1.29, 1.82) is 0 Å². The number of sulfonamides is 1. The Labute approximate surface area is 202 Å². The molecule has 0 bridgehead atoms. The number of piperazine rings is 1. The number of carbonyl (C=O) groups is 1. The van der Waals surface area contributed by atoms with Gasteiger partial charge in [0.25, 0.3) is 5.91 Å². The normalized spacial score (nSPS) is 15.7. The molecule has 5 rings (SSSR count). The van der Waals surface area contributed by atoms with E-state index in [9.17, 15) is 17.6 Å². The fourth-order valence-corrected chi connectivity index (χ4v) is 5.59. The van der Waals surface area contributed by atoms with Crippen LogP contribution >= 0.6 is 0 Å². The summed E-state index contributed by atoms with van der Waals surface area (Å²) in [4.78, 5) is 14.8. The van der Waals surface area contributed by atoms with E-state index in [1.54, 1.807) is 36.4 Å². The lowest BCUT2D eigenvalue weighted by Gasteiger charge is -2.35. The van der Waals surface area contributed by atoms with Crippen molar-refractivity contribution < 1.29 is 27.1 Å². The topological polar surface area (TPSA) is 88.2 Å². The van der Waals surface area contributed by atoms with Gasteiger partial charge in [-0.3, -0.25) is 4.79 Å². The molecule has 10 heteroatoms. The van der Waals surface area contributed by atoms with Gasteiger partial charge in [0.1, 0.15) is 5.82 Å². The average Bonchev–Trinajstić information content (AvgIpc) is 3.36. The number of nitrogens with zero attached hydrogens (tertiary/aromatic N) is 2. The highest BCUT2D eigenvalue weighted by Crippen LogP contribution is 2.32. The van der Waals surface area contributed by atoms with E-state index in [1.165, 1.54) is 28.6 Å². The van der Waals surface area contributed by atoms with E-state index in [2.05, 4.69) is 5.32 Å². The number of nitrogens with one attached hydrogen (secondary N) is 1. The summed E-state index contributed by atoms with van der Waals surface area (Å²) in [5.74, 6) is 0.608. The Kier molecular flexibility index (Phi) is 6.31. The van der Waals surface area contributed by atoms with Crippen molar-refractivity contribution in [2.45, 2.75) is 11.4 Å². The molecule has 0 aliphatic carbocycles. The highest BCUT2D eigenvalue weighted by Gasteiger charge is 2.29. The molecular weight excluding hydrogens is 473 g/mol. The molecule has 2 aliphatic heterocycles. The number of fused-ring (bicyclic) bond motifs is 1. The first kappa shape index (κ1) is 23.1. The molecule has 8 nitrogen and oxygen atoms in total. The first-order valence-corrected chi connectivity index (χ1v) is 12.6. The van der Waals surface area contributed by atoms with E-state index < -0.39 is 10.0 Å². The van der Waals surface area contributed by atoms with Crippen LogP contribution in [0.4, 0.5) is 10.1 Å². The summed E-state index contributed by atoms with van der Waals surface area (Å²) in [5, 5.41) is 2.82. The molecule has 1 saturated heterocycles. The third-order valence-corrected chi connectivity index (χ3v) is 7.95. The van der Waals surface area contributed by atoms with Crippen molar-refractivity contribution in [3.63, 3.8) is 0 Å². The zero-order valence-corrected chi connectivity index (χ0v) is 19.6. The Morgan fingerprint density at radius 1 is 0.914 bits per heavy atom. The van der Waals surface area contributed by atoms with Gasteiger partial charge in [0.05, 0.1) is 4.90 Å². The number of halogens is 1. The third-order valence-electron chi connectivity index (χ3n) is 6.05. The van der Waals surface area contributed by atoms with Crippen LogP contribution in [-0.4, -0.2) is 51.6 Å². The molecule has 182 valence electrons. The Balaban J connectivity index is 1.23. The molecule has 1 N–H and O–H groups in total. The molecule has 0 spiro atoms. The van der Waals surface area contributed by atoms with Gasteiger partial charge in [0.2, 0.25) is 16.8 Å². The molecule has 1 fully saturated rings. The minimum atomic E-state index is -3.77. The monoisotopic (exact) mass is 497 g/mol. The van der Waals surface area contributed by atoms with Gasteiger partial charge in [0, 0.05) is 44.0 Å². The zero-order chi connectivity index (χ0) is 24.4. The molecule has 3 aromatic rings. The fourth-order valence-electron chi connectivity index (χ4n) is 4.12. The van der Waals surface area contributed by atoms with Crippen molar-refractivity contribution in [3.8, 4) is 11.5 Å².